The van der Waals surface area contributed by atoms with Crippen molar-refractivity contribution < 1.29 is 19.4 Å². The van der Waals surface area contributed by atoms with E-state index in [4.69, 9.17) is 15.6 Å². The molecule has 16 heavy (non-hydrogen) atoms. The number of aliphatic hydroxyl groups is 1. The average Bonchev–Trinajstić information content (AvgIpc) is 2.25. The van der Waals surface area contributed by atoms with Crippen LogP contribution < -0.4 is 10.5 Å². The second-order valence-electron chi connectivity index (χ2n) is 3.41. The first kappa shape index (κ1) is 12.3. The molecule has 0 aromatic heterocycles. The van der Waals surface area contributed by atoms with Gasteiger partial charge in [0.15, 0.2) is 0 Å². The lowest BCUT2D eigenvalue weighted by molar-refractivity contribution is 0.0591. The number of anilines is 1. The van der Waals surface area contributed by atoms with Gasteiger partial charge in [0, 0.05) is 11.8 Å². The predicted octanol–water partition coefficient (Wildman–Crippen LogP) is 0.815. The molecule has 3 N–H and O–H groups in total. The van der Waals surface area contributed by atoms with E-state index in [1.807, 2.05) is 0 Å². The lowest BCUT2D eigenvalue weighted by Crippen LogP contribution is -2.15. The van der Waals surface area contributed by atoms with E-state index in [1.165, 1.54) is 19.2 Å². The molecule has 0 bridgehead atoms. The summed E-state index contributed by atoms with van der Waals surface area (Å²) in [6.07, 6.45) is -0.619. The zero-order chi connectivity index (χ0) is 12.1. The molecule has 0 aliphatic carbocycles. The van der Waals surface area contributed by atoms with E-state index in [1.54, 1.807) is 13.0 Å². The van der Waals surface area contributed by atoms with Crippen LogP contribution in [0.5, 0.6) is 5.75 Å². The van der Waals surface area contributed by atoms with Crippen LogP contribution in [0.4, 0.5) is 5.69 Å². The van der Waals surface area contributed by atoms with Crippen LogP contribution in [-0.2, 0) is 4.74 Å². The fraction of sp³-hybridized carbons (Fsp3) is 0.364. The minimum absolute atomic E-state index is 0.0907. The number of hydrogen-bond donors (Lipinski definition) is 2. The first-order valence-electron chi connectivity index (χ1n) is 4.83. The summed E-state index contributed by atoms with van der Waals surface area (Å²) in [5, 5.41) is 9.10. The Morgan fingerprint density at radius 3 is 2.81 bits per heavy atom. The zero-order valence-corrected chi connectivity index (χ0v) is 9.27. The normalized spacial score (nSPS) is 11.9. The van der Waals surface area contributed by atoms with Crippen LogP contribution in [0.3, 0.4) is 0 Å². The summed E-state index contributed by atoms with van der Waals surface area (Å²) in [4.78, 5) is 11.4. The maximum atomic E-state index is 11.4. The van der Waals surface area contributed by atoms with E-state index < -0.39 is 12.1 Å². The maximum Gasteiger partial charge on any atom is 0.341 e. The van der Waals surface area contributed by atoms with Crippen molar-refractivity contribution in [2.24, 2.45) is 0 Å². The Bertz CT molecular complexity index is 376. The second kappa shape index (κ2) is 5.37. The van der Waals surface area contributed by atoms with Gasteiger partial charge in [-0.15, -0.1) is 0 Å². The van der Waals surface area contributed by atoms with E-state index in [-0.39, 0.29) is 12.2 Å². The number of hydrogen-bond acceptors (Lipinski definition) is 5. The van der Waals surface area contributed by atoms with Crippen LogP contribution in [0.25, 0.3) is 0 Å². The van der Waals surface area contributed by atoms with Gasteiger partial charge in [0.2, 0.25) is 0 Å². The molecule has 5 nitrogen and oxygen atoms in total. The van der Waals surface area contributed by atoms with Crippen LogP contribution in [-0.4, -0.2) is 30.9 Å². The van der Waals surface area contributed by atoms with Crippen LogP contribution in [0.1, 0.15) is 17.3 Å². The molecule has 5 heteroatoms. The number of aliphatic hydroxyl groups excluding tert-OH is 1. The molecule has 0 radical (unpaired) electrons. The topological polar surface area (TPSA) is 81.8 Å². The number of carbonyl (C=O) groups excluding carboxylic acids is 1. The molecule has 1 aromatic rings. The summed E-state index contributed by atoms with van der Waals surface area (Å²) in [5.41, 5.74) is 6.35. The number of rotatable bonds is 4. The first-order chi connectivity index (χ1) is 7.54. The summed E-state index contributed by atoms with van der Waals surface area (Å²) in [5.74, 6) is -0.187. The molecule has 88 valence electrons. The summed E-state index contributed by atoms with van der Waals surface area (Å²) in [6, 6.07) is 4.63. The molecule has 1 unspecified atom stereocenters. The third-order valence-electron chi connectivity index (χ3n) is 1.89. The van der Waals surface area contributed by atoms with Gasteiger partial charge in [-0.25, -0.2) is 4.79 Å². The Balaban J connectivity index is 2.94. The SMILES string of the molecule is COC(=O)c1ccc(N)cc1OCC(C)O. The van der Waals surface area contributed by atoms with Gasteiger partial charge in [0.05, 0.1) is 13.2 Å². The monoisotopic (exact) mass is 225 g/mol. The van der Waals surface area contributed by atoms with Crippen molar-refractivity contribution in [1.82, 2.24) is 0 Å². The average molecular weight is 225 g/mol. The summed E-state index contributed by atoms with van der Waals surface area (Å²) in [6.45, 7) is 1.68. The van der Waals surface area contributed by atoms with Crippen LogP contribution in [0.15, 0.2) is 18.2 Å². The lowest BCUT2D eigenvalue weighted by atomic mass is 10.2. The third kappa shape index (κ3) is 3.13. The van der Waals surface area contributed by atoms with Crippen molar-refractivity contribution in [3.63, 3.8) is 0 Å². The Hall–Kier alpha value is -1.75. The molecule has 0 heterocycles. The molecule has 0 saturated carbocycles. The number of nitrogens with two attached hydrogens (primary N) is 1. The van der Waals surface area contributed by atoms with Crippen LogP contribution >= 0.6 is 0 Å². The molecule has 0 spiro atoms. The predicted molar refractivity (Wildman–Crippen MR) is 59.4 cm³/mol. The Morgan fingerprint density at radius 1 is 1.56 bits per heavy atom. The molecule has 0 aliphatic rings. The van der Waals surface area contributed by atoms with Gasteiger partial charge >= 0.3 is 5.97 Å². The van der Waals surface area contributed by atoms with Gasteiger partial charge in [0.1, 0.15) is 17.9 Å². The quantitative estimate of drug-likeness (QED) is 0.585. The summed E-state index contributed by atoms with van der Waals surface area (Å²) in [7, 11) is 1.29. The number of carbonyl (C=O) groups is 1. The minimum Gasteiger partial charge on any atom is -0.490 e. The Morgan fingerprint density at radius 2 is 2.25 bits per heavy atom. The third-order valence-corrected chi connectivity index (χ3v) is 1.89. The fourth-order valence-corrected chi connectivity index (χ4v) is 1.15. The molecule has 0 amide bonds. The van der Waals surface area contributed by atoms with Gasteiger partial charge in [-0.3, -0.25) is 0 Å². The van der Waals surface area contributed by atoms with Crippen molar-refractivity contribution in [1.29, 1.82) is 0 Å². The van der Waals surface area contributed by atoms with E-state index in [0.29, 0.717) is 11.4 Å². The zero-order valence-electron chi connectivity index (χ0n) is 9.27. The second-order valence-corrected chi connectivity index (χ2v) is 3.41. The molecule has 1 aromatic carbocycles. The molecule has 0 fully saturated rings. The minimum atomic E-state index is -0.619. The van der Waals surface area contributed by atoms with Crippen molar-refractivity contribution >= 4 is 11.7 Å². The highest BCUT2D eigenvalue weighted by molar-refractivity contribution is 5.93. The number of benzene rings is 1. The fourth-order valence-electron chi connectivity index (χ4n) is 1.15. The largest absolute Gasteiger partial charge is 0.490 e. The first-order valence-corrected chi connectivity index (χ1v) is 4.83. The molecule has 1 rings (SSSR count). The number of methoxy groups -OCH3 is 1. The molecular formula is C11H15NO4. The van der Waals surface area contributed by atoms with E-state index in [2.05, 4.69) is 4.74 Å². The van der Waals surface area contributed by atoms with Gasteiger partial charge < -0.3 is 20.3 Å². The van der Waals surface area contributed by atoms with Crippen molar-refractivity contribution in [2.75, 3.05) is 19.5 Å². The Labute approximate surface area is 93.8 Å². The molecular weight excluding hydrogens is 210 g/mol. The lowest BCUT2D eigenvalue weighted by Gasteiger charge is -2.12. The van der Waals surface area contributed by atoms with Gasteiger partial charge in [-0.2, -0.15) is 0 Å². The van der Waals surface area contributed by atoms with Gasteiger partial charge in [-0.05, 0) is 19.1 Å². The Kier molecular flexibility index (Phi) is 4.13. The highest BCUT2D eigenvalue weighted by Gasteiger charge is 2.13. The van der Waals surface area contributed by atoms with Crippen LogP contribution in [0.2, 0.25) is 0 Å². The van der Waals surface area contributed by atoms with Crippen LogP contribution in [0, 0.1) is 0 Å². The molecule has 1 atom stereocenters. The smallest absolute Gasteiger partial charge is 0.341 e. The standard InChI is InChI=1S/C11H15NO4/c1-7(13)6-16-10-5-8(12)3-4-9(10)11(14)15-2/h3-5,7,13H,6,12H2,1-2H3. The van der Waals surface area contributed by atoms with Crippen molar-refractivity contribution in [3.8, 4) is 5.75 Å². The number of esters is 1. The summed E-state index contributed by atoms with van der Waals surface area (Å²) >= 11 is 0. The van der Waals surface area contributed by atoms with E-state index >= 15 is 0 Å². The highest BCUT2D eigenvalue weighted by Crippen LogP contribution is 2.22. The van der Waals surface area contributed by atoms with Gasteiger partial charge in [0.25, 0.3) is 0 Å². The molecule has 0 saturated heterocycles. The van der Waals surface area contributed by atoms with E-state index in [0.717, 1.165) is 0 Å². The maximum absolute atomic E-state index is 11.4. The van der Waals surface area contributed by atoms with E-state index in [9.17, 15) is 4.79 Å². The van der Waals surface area contributed by atoms with Gasteiger partial charge in [-0.1, -0.05) is 0 Å². The van der Waals surface area contributed by atoms with Crippen molar-refractivity contribution in [3.05, 3.63) is 23.8 Å². The summed E-state index contributed by atoms with van der Waals surface area (Å²) < 4.78 is 9.87. The number of ether oxygens (including phenoxy) is 2. The number of nitrogen functional groups attached to an aromatic ring is 1. The highest BCUT2D eigenvalue weighted by atomic mass is 16.5. The van der Waals surface area contributed by atoms with Crippen molar-refractivity contribution in [2.45, 2.75) is 13.0 Å². The molecule has 0 aliphatic heterocycles.